The van der Waals surface area contributed by atoms with Crippen LogP contribution in [-0.4, -0.2) is 16.2 Å². The average molecular weight is 248 g/mol. The molecule has 0 aliphatic rings. The Labute approximate surface area is 96.4 Å². The van der Waals surface area contributed by atoms with Crippen molar-refractivity contribution in [2.75, 3.05) is 0 Å². The predicted octanol–water partition coefficient (Wildman–Crippen LogP) is 1.97. The summed E-state index contributed by atoms with van der Waals surface area (Å²) in [5, 5.41) is 18.0. The highest BCUT2D eigenvalue weighted by atomic mass is 35.5. The van der Waals surface area contributed by atoms with Crippen molar-refractivity contribution < 1.29 is 19.4 Å². The summed E-state index contributed by atoms with van der Waals surface area (Å²) >= 11 is 5.58. The summed E-state index contributed by atoms with van der Waals surface area (Å²) in [5.74, 6) is -2.13. The highest BCUT2D eigenvalue weighted by Gasteiger charge is 2.21. The molecule has 1 rings (SSSR count). The maximum Gasteiger partial charge on any atom is 0.305 e. The first-order chi connectivity index (χ1) is 7.34. The van der Waals surface area contributed by atoms with E-state index < -0.39 is 24.2 Å². The Hall–Kier alpha value is -1.33. The summed E-state index contributed by atoms with van der Waals surface area (Å²) < 4.78 is 13.3. The van der Waals surface area contributed by atoms with Crippen LogP contribution in [0, 0.1) is 12.7 Å². The minimum absolute atomic E-state index is 0.0346. The van der Waals surface area contributed by atoms with Gasteiger partial charge in [0.15, 0.2) is 0 Å². The first-order valence-electron chi connectivity index (χ1n) is 4.49. The van der Waals surface area contributed by atoms with Gasteiger partial charge in [0.05, 0.1) is 11.4 Å². The van der Waals surface area contributed by atoms with Gasteiger partial charge in [0.1, 0.15) is 11.6 Å². The van der Waals surface area contributed by atoms with E-state index in [1.807, 2.05) is 0 Å². The number of aromatic hydroxyl groups is 1. The molecule has 1 aromatic rings. The molecule has 88 valence electrons. The number of phenols is 1. The second kappa shape index (κ2) is 4.67. The molecule has 4 nitrogen and oxygen atoms in total. The van der Waals surface area contributed by atoms with Gasteiger partial charge in [-0.15, -0.1) is 0 Å². The van der Waals surface area contributed by atoms with E-state index in [2.05, 4.69) is 0 Å². The molecule has 1 aromatic carbocycles. The quantitative estimate of drug-likeness (QED) is 0.762. The lowest BCUT2D eigenvalue weighted by atomic mass is 9.98. The number of hydrogen-bond donors (Lipinski definition) is 3. The molecule has 0 amide bonds. The van der Waals surface area contributed by atoms with Crippen molar-refractivity contribution in [3.63, 3.8) is 0 Å². The number of carboxylic acids is 1. The third-order valence-electron chi connectivity index (χ3n) is 2.26. The molecule has 0 fully saturated rings. The van der Waals surface area contributed by atoms with Crippen molar-refractivity contribution in [2.45, 2.75) is 19.4 Å². The van der Waals surface area contributed by atoms with Crippen molar-refractivity contribution in [3.05, 3.63) is 28.0 Å². The van der Waals surface area contributed by atoms with E-state index in [-0.39, 0.29) is 21.9 Å². The number of benzene rings is 1. The largest absolute Gasteiger partial charge is 0.506 e. The molecule has 0 aromatic heterocycles. The standard InChI is InChI=1S/C10H11ClFNO3/c1-4-6(12)2-5(11)10(16)9(4)7(13)3-8(14)15/h2,7,16H,3,13H2,1H3,(H,14,15). The van der Waals surface area contributed by atoms with Crippen molar-refractivity contribution in [1.82, 2.24) is 0 Å². The lowest BCUT2D eigenvalue weighted by molar-refractivity contribution is -0.137. The zero-order chi connectivity index (χ0) is 12.5. The summed E-state index contributed by atoms with van der Waals surface area (Å²) in [6, 6.07) is -0.0332. The summed E-state index contributed by atoms with van der Waals surface area (Å²) in [4.78, 5) is 10.5. The Morgan fingerprint density at radius 2 is 2.25 bits per heavy atom. The number of aliphatic carboxylic acids is 1. The fourth-order valence-electron chi connectivity index (χ4n) is 1.47. The van der Waals surface area contributed by atoms with Gasteiger partial charge < -0.3 is 15.9 Å². The maximum absolute atomic E-state index is 13.3. The third-order valence-corrected chi connectivity index (χ3v) is 2.55. The summed E-state index contributed by atoms with van der Waals surface area (Å²) in [7, 11) is 0. The van der Waals surface area contributed by atoms with E-state index in [0.717, 1.165) is 6.07 Å². The van der Waals surface area contributed by atoms with Gasteiger partial charge in [0.25, 0.3) is 0 Å². The van der Waals surface area contributed by atoms with Gasteiger partial charge in [0.2, 0.25) is 0 Å². The fourth-order valence-corrected chi connectivity index (χ4v) is 1.66. The van der Waals surface area contributed by atoms with Gasteiger partial charge in [-0.05, 0) is 18.6 Å². The number of carboxylic acid groups (broad SMARTS) is 1. The van der Waals surface area contributed by atoms with Gasteiger partial charge in [0, 0.05) is 11.6 Å². The number of halogens is 2. The molecule has 1 atom stereocenters. The van der Waals surface area contributed by atoms with Crippen molar-refractivity contribution in [2.24, 2.45) is 5.73 Å². The first kappa shape index (κ1) is 12.7. The van der Waals surface area contributed by atoms with Crippen LogP contribution in [0.25, 0.3) is 0 Å². The van der Waals surface area contributed by atoms with E-state index in [0.29, 0.717) is 0 Å². The molecule has 4 N–H and O–H groups in total. The fraction of sp³-hybridized carbons (Fsp3) is 0.300. The number of hydrogen-bond acceptors (Lipinski definition) is 3. The van der Waals surface area contributed by atoms with E-state index >= 15 is 0 Å². The van der Waals surface area contributed by atoms with Crippen molar-refractivity contribution >= 4 is 17.6 Å². The molecule has 0 radical (unpaired) electrons. The van der Waals surface area contributed by atoms with Crippen LogP contribution in [-0.2, 0) is 4.79 Å². The van der Waals surface area contributed by atoms with Crippen molar-refractivity contribution in [1.29, 1.82) is 0 Å². The van der Waals surface area contributed by atoms with Crippen LogP contribution in [0.3, 0.4) is 0 Å². The lowest BCUT2D eigenvalue weighted by Gasteiger charge is -2.16. The normalized spacial score (nSPS) is 12.5. The van der Waals surface area contributed by atoms with Crippen molar-refractivity contribution in [3.8, 4) is 5.75 Å². The molecule has 0 aliphatic heterocycles. The second-order valence-electron chi connectivity index (χ2n) is 3.43. The van der Waals surface area contributed by atoms with Crippen LogP contribution in [0.4, 0.5) is 4.39 Å². The Bertz CT molecular complexity index is 410. The minimum Gasteiger partial charge on any atom is -0.506 e. The smallest absolute Gasteiger partial charge is 0.305 e. The molecule has 0 aliphatic carbocycles. The van der Waals surface area contributed by atoms with E-state index in [1.165, 1.54) is 6.92 Å². The number of phenolic OH excluding ortho intramolecular Hbond substituents is 1. The van der Waals surface area contributed by atoms with E-state index in [1.54, 1.807) is 0 Å². The topological polar surface area (TPSA) is 83.5 Å². The zero-order valence-electron chi connectivity index (χ0n) is 8.50. The maximum atomic E-state index is 13.3. The average Bonchev–Trinajstić information content (AvgIpc) is 2.14. The second-order valence-corrected chi connectivity index (χ2v) is 3.84. The Morgan fingerprint density at radius 3 is 2.75 bits per heavy atom. The lowest BCUT2D eigenvalue weighted by Crippen LogP contribution is -2.17. The molecule has 6 heteroatoms. The Kier molecular flexibility index (Phi) is 3.72. The molecular formula is C10H11ClFNO3. The first-order valence-corrected chi connectivity index (χ1v) is 4.87. The van der Waals surface area contributed by atoms with Crippen LogP contribution in [0.15, 0.2) is 6.07 Å². The number of rotatable bonds is 3. The molecule has 0 saturated heterocycles. The van der Waals surface area contributed by atoms with Crippen LogP contribution in [0.1, 0.15) is 23.6 Å². The SMILES string of the molecule is Cc1c(F)cc(Cl)c(O)c1C(N)CC(=O)O. The number of nitrogens with two attached hydrogens (primary N) is 1. The van der Waals surface area contributed by atoms with Gasteiger partial charge in [-0.3, -0.25) is 4.79 Å². The van der Waals surface area contributed by atoms with Gasteiger partial charge in [-0.25, -0.2) is 4.39 Å². The van der Waals surface area contributed by atoms with Crippen LogP contribution >= 0.6 is 11.6 Å². The molecule has 1 unspecified atom stereocenters. The summed E-state index contributed by atoms with van der Waals surface area (Å²) in [6.45, 7) is 1.41. The molecular weight excluding hydrogens is 237 g/mol. The molecule has 0 bridgehead atoms. The molecule has 16 heavy (non-hydrogen) atoms. The molecule has 0 spiro atoms. The minimum atomic E-state index is -1.13. The Morgan fingerprint density at radius 1 is 1.69 bits per heavy atom. The van der Waals surface area contributed by atoms with Crippen LogP contribution in [0.2, 0.25) is 5.02 Å². The van der Waals surface area contributed by atoms with E-state index in [4.69, 9.17) is 22.4 Å². The third kappa shape index (κ3) is 2.43. The van der Waals surface area contributed by atoms with Crippen LogP contribution in [0.5, 0.6) is 5.75 Å². The molecule has 0 saturated carbocycles. The highest BCUT2D eigenvalue weighted by molar-refractivity contribution is 6.32. The van der Waals surface area contributed by atoms with Gasteiger partial charge in [-0.1, -0.05) is 11.6 Å². The predicted molar refractivity (Wildman–Crippen MR) is 57.0 cm³/mol. The summed E-state index contributed by atoms with van der Waals surface area (Å²) in [6.07, 6.45) is -0.409. The highest BCUT2D eigenvalue weighted by Crippen LogP contribution is 2.36. The van der Waals surface area contributed by atoms with Crippen LogP contribution < -0.4 is 5.73 Å². The Balaban J connectivity index is 3.26. The molecule has 0 heterocycles. The monoisotopic (exact) mass is 247 g/mol. The van der Waals surface area contributed by atoms with E-state index in [9.17, 15) is 14.3 Å². The zero-order valence-corrected chi connectivity index (χ0v) is 9.25. The van der Waals surface area contributed by atoms with Gasteiger partial charge >= 0.3 is 5.97 Å². The van der Waals surface area contributed by atoms with Gasteiger partial charge in [-0.2, -0.15) is 0 Å². The summed E-state index contributed by atoms with van der Waals surface area (Å²) in [5.41, 5.74) is 5.71. The number of carbonyl (C=O) groups is 1.